The minimum atomic E-state index is 0.542. The molecule has 10 heavy (non-hydrogen) atoms. The number of hydrogen-bond acceptors (Lipinski definition) is 3. The van der Waals surface area contributed by atoms with E-state index in [1.165, 1.54) is 6.54 Å². The molecule has 0 amide bonds. The maximum absolute atomic E-state index is 5.56. The van der Waals surface area contributed by atoms with E-state index < -0.39 is 0 Å². The second-order valence-electron chi connectivity index (χ2n) is 3.01. The van der Waals surface area contributed by atoms with Gasteiger partial charge in [-0.3, -0.25) is 4.90 Å². The maximum Gasteiger partial charge on any atom is 0.0234 e. The zero-order valence-corrected chi connectivity index (χ0v) is 6.59. The summed E-state index contributed by atoms with van der Waals surface area (Å²) in [5, 5.41) is 0. The van der Waals surface area contributed by atoms with Gasteiger partial charge in [0.15, 0.2) is 0 Å². The Bertz CT molecular complexity index is 105. The molecule has 1 fully saturated rings. The summed E-state index contributed by atoms with van der Waals surface area (Å²) in [4.78, 5) is 2.40. The monoisotopic (exact) mass is 143 g/mol. The van der Waals surface area contributed by atoms with Crippen molar-refractivity contribution < 1.29 is 0 Å². The fourth-order valence-corrected chi connectivity index (χ4v) is 1.38. The first kappa shape index (κ1) is 7.98. The van der Waals surface area contributed by atoms with Crippen LogP contribution >= 0.6 is 0 Å². The standard InChI is InChI=1S/C7H17N3/c1-6-5-10(6)7(4-9)2-3-8/h6-7H,2-5,8-9H2,1H3. The Morgan fingerprint density at radius 2 is 2.20 bits per heavy atom. The first-order valence-electron chi connectivity index (χ1n) is 3.95. The van der Waals surface area contributed by atoms with E-state index in [-0.39, 0.29) is 0 Å². The molecule has 3 unspecified atom stereocenters. The molecular weight excluding hydrogens is 126 g/mol. The van der Waals surface area contributed by atoms with Gasteiger partial charge in [0, 0.05) is 25.2 Å². The Labute approximate surface area is 62.4 Å². The van der Waals surface area contributed by atoms with Gasteiger partial charge in [-0.1, -0.05) is 0 Å². The second-order valence-corrected chi connectivity index (χ2v) is 3.01. The predicted octanol–water partition coefficient (Wildman–Crippen LogP) is -0.633. The van der Waals surface area contributed by atoms with E-state index in [0.717, 1.165) is 25.6 Å². The molecule has 4 N–H and O–H groups in total. The molecule has 0 aromatic heterocycles. The van der Waals surface area contributed by atoms with Crippen molar-refractivity contribution in [2.45, 2.75) is 25.4 Å². The first-order chi connectivity index (χ1) is 4.79. The van der Waals surface area contributed by atoms with Crippen LogP contribution in [0.1, 0.15) is 13.3 Å². The summed E-state index contributed by atoms with van der Waals surface area (Å²) in [5.41, 5.74) is 11.0. The molecule has 1 saturated heterocycles. The van der Waals surface area contributed by atoms with Crippen molar-refractivity contribution in [2.75, 3.05) is 19.6 Å². The van der Waals surface area contributed by atoms with Crippen LogP contribution in [0.3, 0.4) is 0 Å². The maximum atomic E-state index is 5.56. The van der Waals surface area contributed by atoms with Gasteiger partial charge < -0.3 is 11.5 Å². The van der Waals surface area contributed by atoms with E-state index in [2.05, 4.69) is 11.8 Å². The van der Waals surface area contributed by atoms with E-state index in [0.29, 0.717) is 6.04 Å². The lowest BCUT2D eigenvalue weighted by atomic mass is 10.2. The largest absolute Gasteiger partial charge is 0.330 e. The molecule has 0 aromatic rings. The van der Waals surface area contributed by atoms with Crippen molar-refractivity contribution >= 4 is 0 Å². The lowest BCUT2D eigenvalue weighted by Gasteiger charge is -2.14. The number of nitrogens with zero attached hydrogens (tertiary/aromatic N) is 1. The van der Waals surface area contributed by atoms with Crippen molar-refractivity contribution in [1.82, 2.24) is 4.90 Å². The van der Waals surface area contributed by atoms with Crippen molar-refractivity contribution in [1.29, 1.82) is 0 Å². The third-order valence-corrected chi connectivity index (χ3v) is 2.15. The number of nitrogens with two attached hydrogens (primary N) is 2. The van der Waals surface area contributed by atoms with Crippen molar-refractivity contribution in [3.8, 4) is 0 Å². The van der Waals surface area contributed by atoms with Crippen LogP contribution in [0.4, 0.5) is 0 Å². The summed E-state index contributed by atoms with van der Waals surface area (Å²) in [7, 11) is 0. The highest BCUT2D eigenvalue weighted by atomic mass is 15.3. The van der Waals surface area contributed by atoms with E-state index >= 15 is 0 Å². The quantitative estimate of drug-likeness (QED) is 0.515. The molecule has 1 heterocycles. The molecule has 0 aromatic carbocycles. The van der Waals surface area contributed by atoms with Gasteiger partial charge in [-0.2, -0.15) is 0 Å². The summed E-state index contributed by atoms with van der Waals surface area (Å²) in [5.74, 6) is 0. The summed E-state index contributed by atoms with van der Waals surface area (Å²) < 4.78 is 0. The van der Waals surface area contributed by atoms with Gasteiger partial charge in [-0.25, -0.2) is 0 Å². The normalized spacial score (nSPS) is 33.9. The third-order valence-electron chi connectivity index (χ3n) is 2.15. The molecule has 3 atom stereocenters. The minimum Gasteiger partial charge on any atom is -0.330 e. The van der Waals surface area contributed by atoms with Crippen molar-refractivity contribution in [2.24, 2.45) is 11.5 Å². The Hall–Kier alpha value is -0.120. The molecule has 0 saturated carbocycles. The summed E-state index contributed by atoms with van der Waals surface area (Å²) in [6.07, 6.45) is 1.04. The Morgan fingerprint density at radius 3 is 2.50 bits per heavy atom. The van der Waals surface area contributed by atoms with Crippen LogP contribution in [0.15, 0.2) is 0 Å². The van der Waals surface area contributed by atoms with Crippen molar-refractivity contribution in [3.63, 3.8) is 0 Å². The Balaban J connectivity index is 2.20. The highest BCUT2D eigenvalue weighted by Gasteiger charge is 2.34. The smallest absolute Gasteiger partial charge is 0.0234 e. The number of hydrogen-bond donors (Lipinski definition) is 2. The number of rotatable bonds is 4. The molecule has 3 nitrogen and oxygen atoms in total. The van der Waals surface area contributed by atoms with Gasteiger partial charge in [0.1, 0.15) is 0 Å². The van der Waals surface area contributed by atoms with Crippen LogP contribution in [-0.4, -0.2) is 36.6 Å². The molecule has 3 heteroatoms. The van der Waals surface area contributed by atoms with Crippen molar-refractivity contribution in [3.05, 3.63) is 0 Å². The lowest BCUT2D eigenvalue weighted by molar-refractivity contribution is 0.365. The van der Waals surface area contributed by atoms with E-state index in [9.17, 15) is 0 Å². The van der Waals surface area contributed by atoms with Crippen LogP contribution in [0, 0.1) is 0 Å². The highest BCUT2D eigenvalue weighted by Crippen LogP contribution is 2.21. The summed E-state index contributed by atoms with van der Waals surface area (Å²) in [6, 6.07) is 1.29. The predicted molar refractivity (Wildman–Crippen MR) is 42.7 cm³/mol. The fraction of sp³-hybridized carbons (Fsp3) is 1.00. The Kier molecular flexibility index (Phi) is 2.65. The molecule has 1 aliphatic rings. The molecule has 0 aliphatic carbocycles. The zero-order chi connectivity index (χ0) is 7.56. The van der Waals surface area contributed by atoms with Crippen LogP contribution in [0.2, 0.25) is 0 Å². The van der Waals surface area contributed by atoms with Crippen LogP contribution in [0.5, 0.6) is 0 Å². The van der Waals surface area contributed by atoms with E-state index in [1.54, 1.807) is 0 Å². The minimum absolute atomic E-state index is 0.542. The van der Waals surface area contributed by atoms with Gasteiger partial charge in [-0.15, -0.1) is 0 Å². The molecule has 1 aliphatic heterocycles. The van der Waals surface area contributed by atoms with E-state index in [1.807, 2.05) is 0 Å². The second kappa shape index (κ2) is 3.32. The summed E-state index contributed by atoms with van der Waals surface area (Å²) in [6.45, 7) is 4.94. The molecule has 60 valence electrons. The van der Waals surface area contributed by atoms with Gasteiger partial charge in [0.25, 0.3) is 0 Å². The highest BCUT2D eigenvalue weighted by molar-refractivity contribution is 4.91. The third kappa shape index (κ3) is 1.68. The van der Waals surface area contributed by atoms with E-state index in [4.69, 9.17) is 11.5 Å². The topological polar surface area (TPSA) is 55.0 Å². The average Bonchev–Trinajstić information content (AvgIpc) is 2.62. The average molecular weight is 143 g/mol. The molecule has 1 rings (SSSR count). The first-order valence-corrected chi connectivity index (χ1v) is 3.95. The molecule has 0 spiro atoms. The zero-order valence-electron chi connectivity index (χ0n) is 6.59. The Morgan fingerprint density at radius 1 is 1.60 bits per heavy atom. The van der Waals surface area contributed by atoms with Gasteiger partial charge in [0.2, 0.25) is 0 Å². The molecule has 0 bridgehead atoms. The molecule has 0 radical (unpaired) electrons. The molecular formula is C7H17N3. The van der Waals surface area contributed by atoms with Gasteiger partial charge >= 0.3 is 0 Å². The van der Waals surface area contributed by atoms with Crippen LogP contribution < -0.4 is 11.5 Å². The van der Waals surface area contributed by atoms with Crippen LogP contribution in [-0.2, 0) is 0 Å². The summed E-state index contributed by atoms with van der Waals surface area (Å²) >= 11 is 0. The van der Waals surface area contributed by atoms with Gasteiger partial charge in [0.05, 0.1) is 0 Å². The SMILES string of the molecule is CC1CN1C(CN)CCN. The lowest BCUT2D eigenvalue weighted by Crippen LogP contribution is -2.31. The van der Waals surface area contributed by atoms with Gasteiger partial charge in [-0.05, 0) is 19.9 Å². The van der Waals surface area contributed by atoms with Crippen LogP contribution in [0.25, 0.3) is 0 Å². The fourth-order valence-electron chi connectivity index (χ4n) is 1.38.